The molecule has 2 aromatic rings. The summed E-state index contributed by atoms with van der Waals surface area (Å²) in [6, 6.07) is 8.76. The van der Waals surface area contributed by atoms with Crippen LogP contribution in [0.15, 0.2) is 30.6 Å². The molecule has 1 aliphatic rings. The van der Waals surface area contributed by atoms with Gasteiger partial charge in [0.1, 0.15) is 12.2 Å². The number of rotatable bonds is 5. The van der Waals surface area contributed by atoms with Gasteiger partial charge in [0.05, 0.1) is 12.7 Å². The lowest BCUT2D eigenvalue weighted by atomic mass is 9.92. The van der Waals surface area contributed by atoms with Crippen molar-refractivity contribution in [2.45, 2.75) is 38.5 Å². The number of aromatic nitrogens is 3. The zero-order chi connectivity index (χ0) is 14.7. The molecule has 0 amide bonds. The van der Waals surface area contributed by atoms with Gasteiger partial charge in [-0.25, -0.2) is 4.98 Å². The van der Waals surface area contributed by atoms with E-state index in [2.05, 4.69) is 46.6 Å². The third-order valence-corrected chi connectivity index (χ3v) is 4.16. The molecule has 2 heterocycles. The van der Waals surface area contributed by atoms with Gasteiger partial charge in [0, 0.05) is 19.0 Å². The molecule has 0 aliphatic carbocycles. The van der Waals surface area contributed by atoms with Crippen LogP contribution in [0.2, 0.25) is 0 Å². The lowest BCUT2D eigenvalue weighted by molar-refractivity contribution is 0.0165. The molecule has 2 unspecified atom stereocenters. The molecule has 0 fully saturated rings. The maximum Gasteiger partial charge on any atom is 0.138 e. The predicted octanol–water partition coefficient (Wildman–Crippen LogP) is 1.74. The summed E-state index contributed by atoms with van der Waals surface area (Å²) in [7, 11) is 1.98. The van der Waals surface area contributed by atoms with Gasteiger partial charge in [0.25, 0.3) is 0 Å². The Balaban J connectivity index is 1.84. The van der Waals surface area contributed by atoms with Gasteiger partial charge in [-0.05, 0) is 31.5 Å². The summed E-state index contributed by atoms with van der Waals surface area (Å²) >= 11 is 0. The number of nitrogens with one attached hydrogen (secondary N) is 1. The summed E-state index contributed by atoms with van der Waals surface area (Å²) in [5, 5.41) is 7.64. The fourth-order valence-corrected chi connectivity index (χ4v) is 3.03. The minimum Gasteiger partial charge on any atom is -0.372 e. The van der Waals surface area contributed by atoms with Crippen LogP contribution < -0.4 is 5.32 Å². The van der Waals surface area contributed by atoms with Crippen molar-refractivity contribution in [2.75, 3.05) is 13.7 Å². The van der Waals surface area contributed by atoms with Crippen molar-refractivity contribution in [3.05, 3.63) is 47.5 Å². The van der Waals surface area contributed by atoms with Crippen molar-refractivity contribution in [1.82, 2.24) is 20.1 Å². The molecule has 0 radical (unpaired) electrons. The molecule has 0 bridgehead atoms. The zero-order valence-corrected chi connectivity index (χ0v) is 12.6. The topological polar surface area (TPSA) is 52.0 Å². The average molecular weight is 286 g/mol. The summed E-state index contributed by atoms with van der Waals surface area (Å²) < 4.78 is 8.00. The third-order valence-electron chi connectivity index (χ3n) is 4.16. The molecule has 1 aliphatic heterocycles. The van der Waals surface area contributed by atoms with Crippen LogP contribution in [0.3, 0.4) is 0 Å². The first kappa shape index (κ1) is 14.2. The number of benzene rings is 1. The van der Waals surface area contributed by atoms with Gasteiger partial charge in [-0.15, -0.1) is 0 Å². The molecule has 3 rings (SSSR count). The third kappa shape index (κ3) is 2.84. The van der Waals surface area contributed by atoms with E-state index < -0.39 is 0 Å². The van der Waals surface area contributed by atoms with Gasteiger partial charge < -0.3 is 10.1 Å². The largest absolute Gasteiger partial charge is 0.372 e. The Morgan fingerprint density at radius 1 is 1.43 bits per heavy atom. The van der Waals surface area contributed by atoms with Crippen molar-refractivity contribution in [1.29, 1.82) is 0 Å². The Kier molecular flexibility index (Phi) is 4.31. The van der Waals surface area contributed by atoms with Crippen molar-refractivity contribution in [3.8, 4) is 0 Å². The summed E-state index contributed by atoms with van der Waals surface area (Å²) in [5.74, 6) is 1.00. The fourth-order valence-electron chi connectivity index (χ4n) is 3.03. The van der Waals surface area contributed by atoms with Crippen molar-refractivity contribution in [2.24, 2.45) is 0 Å². The molecule has 0 saturated heterocycles. The number of likely N-dealkylation sites (N-methyl/N-ethyl adjacent to an activating group) is 1. The first-order chi connectivity index (χ1) is 10.3. The Bertz CT molecular complexity index is 595. The maximum absolute atomic E-state index is 6.06. The molecule has 0 saturated carbocycles. The minimum absolute atomic E-state index is 0.0713. The number of aryl methyl sites for hydroxylation is 1. The van der Waals surface area contributed by atoms with Gasteiger partial charge in [0.15, 0.2) is 0 Å². The molecule has 21 heavy (non-hydrogen) atoms. The zero-order valence-electron chi connectivity index (χ0n) is 12.6. The lowest BCUT2D eigenvalue weighted by Crippen LogP contribution is -2.38. The van der Waals surface area contributed by atoms with Crippen LogP contribution in [0, 0.1) is 0 Å². The average Bonchev–Trinajstić information content (AvgIpc) is 2.99. The number of fused-ring (bicyclic) bond motifs is 1. The second-order valence-corrected chi connectivity index (χ2v) is 5.33. The Morgan fingerprint density at radius 2 is 2.29 bits per heavy atom. The van der Waals surface area contributed by atoms with Crippen LogP contribution in [0.5, 0.6) is 0 Å². The van der Waals surface area contributed by atoms with E-state index in [-0.39, 0.29) is 12.1 Å². The van der Waals surface area contributed by atoms with Gasteiger partial charge in [-0.1, -0.05) is 24.3 Å². The van der Waals surface area contributed by atoms with Crippen molar-refractivity contribution >= 4 is 0 Å². The van der Waals surface area contributed by atoms with E-state index in [4.69, 9.17) is 4.74 Å². The van der Waals surface area contributed by atoms with Crippen LogP contribution in [0.1, 0.15) is 30.0 Å². The van der Waals surface area contributed by atoms with E-state index in [1.807, 2.05) is 11.7 Å². The van der Waals surface area contributed by atoms with Crippen molar-refractivity contribution in [3.63, 3.8) is 0 Å². The van der Waals surface area contributed by atoms with E-state index in [9.17, 15) is 0 Å². The van der Waals surface area contributed by atoms with Crippen LogP contribution in [0.4, 0.5) is 0 Å². The van der Waals surface area contributed by atoms with Crippen LogP contribution in [-0.2, 0) is 24.1 Å². The Morgan fingerprint density at radius 3 is 3.10 bits per heavy atom. The first-order valence-electron chi connectivity index (χ1n) is 7.56. The first-order valence-corrected chi connectivity index (χ1v) is 7.56. The molecule has 112 valence electrons. The molecule has 5 nitrogen and oxygen atoms in total. The molecule has 1 aromatic carbocycles. The van der Waals surface area contributed by atoms with Gasteiger partial charge in [0.2, 0.25) is 0 Å². The van der Waals surface area contributed by atoms with Gasteiger partial charge >= 0.3 is 0 Å². The number of hydrogen-bond acceptors (Lipinski definition) is 4. The summed E-state index contributed by atoms with van der Waals surface area (Å²) in [4.78, 5) is 4.38. The molecule has 1 N–H and O–H groups in total. The van der Waals surface area contributed by atoms with E-state index in [0.29, 0.717) is 0 Å². The standard InChI is InChI=1S/C16H22N4O/c1-3-20-15(18-11-19-20)10-14(17-2)16-13-7-5-4-6-12(13)8-9-21-16/h4-7,11,14,16-17H,3,8-10H2,1-2H3. The maximum atomic E-state index is 6.06. The highest BCUT2D eigenvalue weighted by Crippen LogP contribution is 2.30. The second-order valence-electron chi connectivity index (χ2n) is 5.33. The van der Waals surface area contributed by atoms with Crippen LogP contribution in [-0.4, -0.2) is 34.5 Å². The van der Waals surface area contributed by atoms with Crippen LogP contribution in [0.25, 0.3) is 0 Å². The Labute approximate surface area is 125 Å². The van der Waals surface area contributed by atoms with E-state index >= 15 is 0 Å². The van der Waals surface area contributed by atoms with E-state index in [1.54, 1.807) is 6.33 Å². The molecule has 2 atom stereocenters. The van der Waals surface area contributed by atoms with E-state index in [0.717, 1.165) is 31.8 Å². The fraction of sp³-hybridized carbons (Fsp3) is 0.500. The lowest BCUT2D eigenvalue weighted by Gasteiger charge is -2.32. The summed E-state index contributed by atoms with van der Waals surface area (Å²) in [6.07, 6.45) is 3.50. The predicted molar refractivity (Wildman–Crippen MR) is 81.1 cm³/mol. The number of hydrogen-bond donors (Lipinski definition) is 1. The molecule has 1 aromatic heterocycles. The highest BCUT2D eigenvalue weighted by Gasteiger charge is 2.29. The quantitative estimate of drug-likeness (QED) is 0.909. The molecule has 5 heteroatoms. The number of nitrogens with zero attached hydrogens (tertiary/aromatic N) is 3. The van der Waals surface area contributed by atoms with Gasteiger partial charge in [-0.2, -0.15) is 5.10 Å². The SMILES string of the molecule is CCn1ncnc1CC(NC)C1OCCc2ccccc21. The Hall–Kier alpha value is -1.72. The number of ether oxygens (including phenoxy) is 1. The van der Waals surface area contributed by atoms with Crippen LogP contribution >= 0.6 is 0 Å². The van der Waals surface area contributed by atoms with E-state index in [1.165, 1.54) is 11.1 Å². The minimum atomic E-state index is 0.0713. The highest BCUT2D eigenvalue weighted by atomic mass is 16.5. The summed E-state index contributed by atoms with van der Waals surface area (Å²) in [6.45, 7) is 3.70. The monoisotopic (exact) mass is 286 g/mol. The van der Waals surface area contributed by atoms with Gasteiger partial charge in [-0.3, -0.25) is 4.68 Å². The molecular weight excluding hydrogens is 264 g/mol. The van der Waals surface area contributed by atoms with Crippen molar-refractivity contribution < 1.29 is 4.74 Å². The molecular formula is C16H22N4O. The molecule has 0 spiro atoms. The second kappa shape index (κ2) is 6.37. The highest BCUT2D eigenvalue weighted by molar-refractivity contribution is 5.32. The normalized spacial score (nSPS) is 19.2. The smallest absolute Gasteiger partial charge is 0.138 e. The summed E-state index contributed by atoms with van der Waals surface area (Å²) in [5.41, 5.74) is 2.69.